The molecule has 2 rings (SSSR count). The SMILES string of the molecule is NC1=CCN(c2ccccc2C(F)(F)F)N1. The summed E-state index contributed by atoms with van der Waals surface area (Å²) in [5, 5.41) is 1.36. The minimum Gasteiger partial charge on any atom is -0.384 e. The predicted octanol–water partition coefficient (Wildman–Crippen LogP) is 1.83. The summed E-state index contributed by atoms with van der Waals surface area (Å²) < 4.78 is 38.1. The second-order valence-electron chi connectivity index (χ2n) is 3.40. The molecule has 1 aromatic rings. The van der Waals surface area contributed by atoms with Crippen molar-refractivity contribution in [1.29, 1.82) is 0 Å². The standard InChI is InChI=1S/C10H10F3N3/c11-10(12,13)7-3-1-2-4-8(7)16-6-5-9(14)15-16/h1-5,15H,6,14H2. The molecule has 0 spiro atoms. The number of nitrogens with one attached hydrogen (secondary N) is 1. The lowest BCUT2D eigenvalue weighted by molar-refractivity contribution is -0.137. The van der Waals surface area contributed by atoms with Crippen LogP contribution in [0.3, 0.4) is 0 Å². The molecule has 1 aliphatic heterocycles. The van der Waals surface area contributed by atoms with Crippen LogP contribution in [0.4, 0.5) is 18.9 Å². The summed E-state index contributed by atoms with van der Waals surface area (Å²) in [4.78, 5) is 0. The molecule has 1 aromatic carbocycles. The Kier molecular flexibility index (Phi) is 2.41. The van der Waals surface area contributed by atoms with E-state index in [4.69, 9.17) is 5.73 Å². The monoisotopic (exact) mass is 229 g/mol. The molecule has 0 amide bonds. The quantitative estimate of drug-likeness (QED) is 0.772. The van der Waals surface area contributed by atoms with Gasteiger partial charge in [-0.15, -0.1) is 0 Å². The van der Waals surface area contributed by atoms with Crippen LogP contribution in [0, 0.1) is 0 Å². The van der Waals surface area contributed by atoms with Crippen molar-refractivity contribution in [3.05, 3.63) is 41.7 Å². The average molecular weight is 229 g/mol. The maximum atomic E-state index is 12.7. The largest absolute Gasteiger partial charge is 0.418 e. The number of rotatable bonds is 1. The number of nitrogens with two attached hydrogens (primary N) is 1. The van der Waals surface area contributed by atoms with Gasteiger partial charge in [0.25, 0.3) is 0 Å². The fraction of sp³-hybridized carbons (Fsp3) is 0.200. The molecule has 3 N–H and O–H groups in total. The van der Waals surface area contributed by atoms with Crippen molar-refractivity contribution in [2.45, 2.75) is 6.18 Å². The van der Waals surface area contributed by atoms with Gasteiger partial charge in [-0.3, -0.25) is 10.4 Å². The highest BCUT2D eigenvalue weighted by molar-refractivity contribution is 5.56. The Hall–Kier alpha value is -1.85. The number of para-hydroxylation sites is 1. The topological polar surface area (TPSA) is 41.3 Å². The molecule has 0 fully saturated rings. The Bertz CT molecular complexity index is 426. The lowest BCUT2D eigenvalue weighted by Gasteiger charge is -2.23. The molecule has 0 aromatic heterocycles. The average Bonchev–Trinajstić information content (AvgIpc) is 2.64. The molecule has 86 valence electrons. The molecule has 0 unspecified atom stereocenters. The van der Waals surface area contributed by atoms with Gasteiger partial charge in [-0.2, -0.15) is 13.2 Å². The molecule has 1 aliphatic rings. The Morgan fingerprint density at radius 1 is 1.25 bits per heavy atom. The van der Waals surface area contributed by atoms with E-state index >= 15 is 0 Å². The number of benzene rings is 1. The Balaban J connectivity index is 2.35. The van der Waals surface area contributed by atoms with E-state index in [2.05, 4.69) is 5.43 Å². The van der Waals surface area contributed by atoms with E-state index in [1.54, 1.807) is 12.1 Å². The van der Waals surface area contributed by atoms with Crippen molar-refractivity contribution in [1.82, 2.24) is 5.43 Å². The number of anilines is 1. The summed E-state index contributed by atoms with van der Waals surface area (Å²) in [6.07, 6.45) is -2.75. The maximum absolute atomic E-state index is 12.7. The minimum atomic E-state index is -4.37. The first-order chi connectivity index (χ1) is 7.48. The number of hydrazine groups is 1. The first-order valence-corrected chi connectivity index (χ1v) is 4.64. The summed E-state index contributed by atoms with van der Waals surface area (Å²) in [5.41, 5.74) is 7.50. The first kappa shape index (κ1) is 10.7. The summed E-state index contributed by atoms with van der Waals surface area (Å²) in [5.74, 6) is 0.358. The molecule has 0 saturated heterocycles. The van der Waals surface area contributed by atoms with Gasteiger partial charge < -0.3 is 5.73 Å². The van der Waals surface area contributed by atoms with E-state index in [0.717, 1.165) is 6.07 Å². The van der Waals surface area contributed by atoms with Crippen LogP contribution in [-0.4, -0.2) is 6.54 Å². The second kappa shape index (κ2) is 3.62. The third kappa shape index (κ3) is 1.91. The summed E-state index contributed by atoms with van der Waals surface area (Å²) in [7, 11) is 0. The second-order valence-corrected chi connectivity index (χ2v) is 3.40. The predicted molar refractivity (Wildman–Crippen MR) is 54.2 cm³/mol. The molecule has 6 heteroatoms. The molecular weight excluding hydrogens is 219 g/mol. The van der Waals surface area contributed by atoms with Gasteiger partial charge in [0, 0.05) is 0 Å². The Morgan fingerprint density at radius 3 is 2.50 bits per heavy atom. The van der Waals surface area contributed by atoms with Crippen LogP contribution in [-0.2, 0) is 6.18 Å². The molecule has 16 heavy (non-hydrogen) atoms. The van der Waals surface area contributed by atoms with E-state index < -0.39 is 11.7 Å². The highest BCUT2D eigenvalue weighted by atomic mass is 19.4. The molecule has 0 bridgehead atoms. The lowest BCUT2D eigenvalue weighted by Crippen LogP contribution is -2.35. The number of hydrogen-bond donors (Lipinski definition) is 2. The van der Waals surface area contributed by atoms with Crippen molar-refractivity contribution in [2.75, 3.05) is 11.6 Å². The lowest BCUT2D eigenvalue weighted by atomic mass is 10.1. The van der Waals surface area contributed by atoms with Gasteiger partial charge in [0.05, 0.1) is 17.8 Å². The fourth-order valence-corrected chi connectivity index (χ4v) is 1.54. The first-order valence-electron chi connectivity index (χ1n) is 4.64. The zero-order valence-electron chi connectivity index (χ0n) is 8.25. The van der Waals surface area contributed by atoms with Gasteiger partial charge in [-0.1, -0.05) is 12.1 Å². The third-order valence-electron chi connectivity index (χ3n) is 2.26. The van der Waals surface area contributed by atoms with Crippen LogP contribution in [0.15, 0.2) is 36.2 Å². The van der Waals surface area contributed by atoms with Crippen LogP contribution >= 0.6 is 0 Å². The Labute approximate surface area is 90.3 Å². The molecule has 0 saturated carbocycles. The van der Waals surface area contributed by atoms with E-state index in [1.165, 1.54) is 17.1 Å². The van der Waals surface area contributed by atoms with Gasteiger partial charge in [-0.05, 0) is 18.2 Å². The van der Waals surface area contributed by atoms with E-state index in [1.807, 2.05) is 0 Å². The summed E-state index contributed by atoms with van der Waals surface area (Å²) in [6.45, 7) is 0.318. The summed E-state index contributed by atoms with van der Waals surface area (Å²) >= 11 is 0. The Morgan fingerprint density at radius 2 is 1.94 bits per heavy atom. The highest BCUT2D eigenvalue weighted by Crippen LogP contribution is 2.36. The number of alkyl halides is 3. The summed E-state index contributed by atoms with van der Waals surface area (Å²) in [6, 6.07) is 5.37. The zero-order valence-corrected chi connectivity index (χ0v) is 8.25. The molecule has 0 radical (unpaired) electrons. The van der Waals surface area contributed by atoms with Crippen LogP contribution in [0.25, 0.3) is 0 Å². The van der Waals surface area contributed by atoms with Crippen molar-refractivity contribution in [3.63, 3.8) is 0 Å². The smallest absolute Gasteiger partial charge is 0.384 e. The van der Waals surface area contributed by atoms with Crippen LogP contribution in [0.5, 0.6) is 0 Å². The van der Waals surface area contributed by atoms with Gasteiger partial charge in [-0.25, -0.2) is 0 Å². The minimum absolute atomic E-state index is 0.0756. The number of nitrogens with zero attached hydrogens (tertiary/aromatic N) is 1. The van der Waals surface area contributed by atoms with Crippen LogP contribution in [0.1, 0.15) is 5.56 Å². The molecule has 0 atom stereocenters. The normalized spacial score (nSPS) is 15.9. The molecule has 3 nitrogen and oxygen atoms in total. The molecular formula is C10H10F3N3. The van der Waals surface area contributed by atoms with Crippen molar-refractivity contribution in [3.8, 4) is 0 Å². The number of hydrogen-bond acceptors (Lipinski definition) is 3. The van der Waals surface area contributed by atoms with Crippen LogP contribution < -0.4 is 16.2 Å². The highest BCUT2D eigenvalue weighted by Gasteiger charge is 2.35. The van der Waals surface area contributed by atoms with E-state index in [-0.39, 0.29) is 5.69 Å². The van der Waals surface area contributed by atoms with Gasteiger partial charge in [0.2, 0.25) is 0 Å². The van der Waals surface area contributed by atoms with Gasteiger partial charge in [0.15, 0.2) is 0 Å². The molecule has 0 aliphatic carbocycles. The van der Waals surface area contributed by atoms with E-state index in [0.29, 0.717) is 12.4 Å². The fourth-order valence-electron chi connectivity index (χ4n) is 1.54. The van der Waals surface area contributed by atoms with Crippen molar-refractivity contribution < 1.29 is 13.2 Å². The third-order valence-corrected chi connectivity index (χ3v) is 2.26. The van der Waals surface area contributed by atoms with Gasteiger partial charge in [0.1, 0.15) is 5.82 Å². The number of halogens is 3. The van der Waals surface area contributed by atoms with E-state index in [9.17, 15) is 13.2 Å². The van der Waals surface area contributed by atoms with Crippen molar-refractivity contribution >= 4 is 5.69 Å². The molecule has 1 heterocycles. The maximum Gasteiger partial charge on any atom is 0.418 e. The van der Waals surface area contributed by atoms with Crippen molar-refractivity contribution in [2.24, 2.45) is 5.73 Å². The zero-order chi connectivity index (χ0) is 11.8. The van der Waals surface area contributed by atoms with Gasteiger partial charge >= 0.3 is 6.18 Å². The van der Waals surface area contributed by atoms with Crippen LogP contribution in [0.2, 0.25) is 0 Å².